The van der Waals surface area contributed by atoms with Gasteiger partial charge in [-0.25, -0.2) is 4.79 Å². The van der Waals surface area contributed by atoms with E-state index in [-0.39, 0.29) is 24.0 Å². The highest BCUT2D eigenvalue weighted by molar-refractivity contribution is 5.95. The summed E-state index contributed by atoms with van der Waals surface area (Å²) in [6.45, 7) is 7.04. The van der Waals surface area contributed by atoms with Gasteiger partial charge in [0.05, 0.1) is 12.2 Å². The molecule has 0 bridgehead atoms. The number of aromatic carboxylic acids is 1. The number of methoxy groups -OCH3 is 1. The first-order valence-corrected chi connectivity index (χ1v) is 10.6. The van der Waals surface area contributed by atoms with Gasteiger partial charge in [0.1, 0.15) is 23.5 Å². The van der Waals surface area contributed by atoms with Crippen molar-refractivity contribution in [3.05, 3.63) is 47.6 Å². The molecule has 2 rings (SSSR count). The van der Waals surface area contributed by atoms with Crippen LogP contribution in [0.5, 0.6) is 5.75 Å². The van der Waals surface area contributed by atoms with Gasteiger partial charge in [0.15, 0.2) is 12.6 Å². The van der Waals surface area contributed by atoms with E-state index in [0.717, 1.165) is 0 Å². The zero-order chi connectivity index (χ0) is 23.9. The van der Waals surface area contributed by atoms with Crippen LogP contribution in [-0.2, 0) is 14.2 Å². The van der Waals surface area contributed by atoms with Crippen LogP contribution in [0.2, 0.25) is 0 Å². The van der Waals surface area contributed by atoms with Gasteiger partial charge in [0.25, 0.3) is 0 Å². The lowest BCUT2D eigenvalue weighted by Gasteiger charge is -2.20. The molecule has 0 radical (unpaired) electrons. The summed E-state index contributed by atoms with van der Waals surface area (Å²) in [6.07, 6.45) is 4.74. The van der Waals surface area contributed by atoms with Gasteiger partial charge in [0, 0.05) is 7.11 Å². The highest BCUT2D eigenvalue weighted by Crippen LogP contribution is 2.33. The second-order valence-electron chi connectivity index (χ2n) is 8.33. The molecule has 8 nitrogen and oxygen atoms in total. The molecule has 0 aromatic heterocycles. The highest BCUT2D eigenvalue weighted by atomic mass is 16.8. The fourth-order valence-corrected chi connectivity index (χ4v) is 3.38. The van der Waals surface area contributed by atoms with Gasteiger partial charge >= 0.3 is 5.97 Å². The normalized spacial score (nSPS) is 23.5. The average Bonchev–Trinajstić information content (AvgIpc) is 3.04. The van der Waals surface area contributed by atoms with E-state index in [9.17, 15) is 20.1 Å². The Hall–Kier alpha value is -2.23. The zero-order valence-electron chi connectivity index (χ0n) is 19.2. The van der Waals surface area contributed by atoms with Crippen LogP contribution in [0.4, 0.5) is 0 Å². The zero-order valence-corrected chi connectivity index (χ0v) is 19.2. The molecule has 1 saturated heterocycles. The van der Waals surface area contributed by atoms with Crippen LogP contribution in [0.3, 0.4) is 0 Å². The number of ether oxygens (including phenoxy) is 4. The van der Waals surface area contributed by atoms with E-state index in [4.69, 9.17) is 18.9 Å². The van der Waals surface area contributed by atoms with E-state index in [1.165, 1.54) is 7.11 Å². The predicted molar refractivity (Wildman–Crippen MR) is 119 cm³/mol. The summed E-state index contributed by atoms with van der Waals surface area (Å²) < 4.78 is 22.1. The molecule has 0 amide bonds. The largest absolute Gasteiger partial charge is 0.478 e. The molecule has 0 saturated carbocycles. The SMILES string of the molecule is COCOc1cccc(/C=C/C[C@H]2OC(C)(C)O[C@@H]2C(O)/C=C\[C@H](C)[C@H](C)O)c1C(=O)O. The lowest BCUT2D eigenvalue weighted by molar-refractivity contribution is -0.152. The third-order valence-corrected chi connectivity index (χ3v) is 5.20. The molecule has 5 atom stereocenters. The fourth-order valence-electron chi connectivity index (χ4n) is 3.38. The smallest absolute Gasteiger partial charge is 0.340 e. The van der Waals surface area contributed by atoms with Crippen molar-refractivity contribution in [2.75, 3.05) is 13.9 Å². The minimum absolute atomic E-state index is 0.0383. The minimum atomic E-state index is -1.11. The maximum atomic E-state index is 11.8. The molecular weight excluding hydrogens is 416 g/mol. The Kier molecular flexibility index (Phi) is 9.42. The van der Waals surface area contributed by atoms with Crippen molar-refractivity contribution < 1.29 is 39.1 Å². The fraction of sp³-hybridized carbons (Fsp3) is 0.542. The second kappa shape index (κ2) is 11.6. The summed E-state index contributed by atoms with van der Waals surface area (Å²) >= 11 is 0. The number of carboxylic acid groups (broad SMARTS) is 1. The predicted octanol–water partition coefficient (Wildman–Crippen LogP) is 3.22. The molecule has 1 aliphatic rings. The van der Waals surface area contributed by atoms with E-state index < -0.39 is 36.2 Å². The Labute approximate surface area is 189 Å². The number of aliphatic hydroxyl groups excluding tert-OH is 2. The summed E-state index contributed by atoms with van der Waals surface area (Å²) in [4.78, 5) is 11.8. The van der Waals surface area contributed by atoms with Crippen LogP contribution < -0.4 is 4.74 Å². The first-order valence-electron chi connectivity index (χ1n) is 10.6. The summed E-state index contributed by atoms with van der Waals surface area (Å²) in [5.41, 5.74) is 0.517. The molecule has 1 heterocycles. The molecule has 32 heavy (non-hydrogen) atoms. The molecule has 3 N–H and O–H groups in total. The molecule has 0 aliphatic carbocycles. The lowest BCUT2D eigenvalue weighted by Crippen LogP contribution is -2.34. The number of aliphatic hydroxyl groups is 2. The van der Waals surface area contributed by atoms with Gasteiger partial charge in [-0.3, -0.25) is 0 Å². The maximum absolute atomic E-state index is 11.8. The number of hydrogen-bond donors (Lipinski definition) is 3. The molecular formula is C24H34O8. The third kappa shape index (κ3) is 7.15. The van der Waals surface area contributed by atoms with Gasteiger partial charge in [-0.2, -0.15) is 0 Å². The number of carbonyl (C=O) groups is 1. The first kappa shape index (κ1) is 26.0. The van der Waals surface area contributed by atoms with E-state index in [1.807, 2.05) is 6.92 Å². The van der Waals surface area contributed by atoms with Gasteiger partial charge in [-0.15, -0.1) is 0 Å². The molecule has 8 heteroatoms. The number of benzene rings is 1. The Morgan fingerprint density at radius 1 is 1.22 bits per heavy atom. The highest BCUT2D eigenvalue weighted by Gasteiger charge is 2.43. The van der Waals surface area contributed by atoms with Crippen LogP contribution in [0.15, 0.2) is 36.4 Å². The number of rotatable bonds is 11. The second-order valence-corrected chi connectivity index (χ2v) is 8.33. The van der Waals surface area contributed by atoms with Crippen LogP contribution in [0, 0.1) is 5.92 Å². The van der Waals surface area contributed by atoms with Crippen molar-refractivity contribution in [3.63, 3.8) is 0 Å². The average molecular weight is 451 g/mol. The number of carboxylic acids is 1. The van der Waals surface area contributed by atoms with Crippen molar-refractivity contribution in [2.45, 2.75) is 64.3 Å². The van der Waals surface area contributed by atoms with E-state index >= 15 is 0 Å². The van der Waals surface area contributed by atoms with Crippen molar-refractivity contribution in [1.29, 1.82) is 0 Å². The Bertz CT molecular complexity index is 814. The Balaban J connectivity index is 2.16. The molecule has 1 aromatic rings. The van der Waals surface area contributed by atoms with Gasteiger partial charge in [-0.1, -0.05) is 43.4 Å². The van der Waals surface area contributed by atoms with E-state index in [0.29, 0.717) is 12.0 Å². The van der Waals surface area contributed by atoms with Crippen molar-refractivity contribution in [1.82, 2.24) is 0 Å². The summed E-state index contributed by atoms with van der Waals surface area (Å²) in [6, 6.07) is 4.96. The number of hydrogen-bond acceptors (Lipinski definition) is 7. The first-order chi connectivity index (χ1) is 15.1. The maximum Gasteiger partial charge on any atom is 0.340 e. The minimum Gasteiger partial charge on any atom is -0.478 e. The quantitative estimate of drug-likeness (QED) is 0.348. The molecule has 0 spiro atoms. The molecule has 1 aromatic carbocycles. The monoisotopic (exact) mass is 450 g/mol. The summed E-state index contributed by atoms with van der Waals surface area (Å²) in [7, 11) is 1.46. The summed E-state index contributed by atoms with van der Waals surface area (Å²) in [5.74, 6) is -1.87. The van der Waals surface area contributed by atoms with Gasteiger partial charge in [-0.05, 0) is 44.7 Å². The van der Waals surface area contributed by atoms with Gasteiger partial charge in [0.2, 0.25) is 0 Å². The van der Waals surface area contributed by atoms with Crippen LogP contribution in [0.1, 0.15) is 50.0 Å². The third-order valence-electron chi connectivity index (χ3n) is 5.20. The van der Waals surface area contributed by atoms with Crippen molar-refractivity contribution >= 4 is 12.0 Å². The van der Waals surface area contributed by atoms with Crippen LogP contribution in [-0.4, -0.2) is 65.4 Å². The topological polar surface area (TPSA) is 115 Å². The molecule has 178 valence electrons. The molecule has 1 fully saturated rings. The van der Waals surface area contributed by atoms with E-state index in [2.05, 4.69) is 0 Å². The Morgan fingerprint density at radius 2 is 1.94 bits per heavy atom. The van der Waals surface area contributed by atoms with Crippen LogP contribution >= 0.6 is 0 Å². The van der Waals surface area contributed by atoms with Crippen molar-refractivity contribution in [2.24, 2.45) is 5.92 Å². The standard InChI is InChI=1S/C24H34O8/c1-15(16(2)25)12-13-18(26)22-20(31-24(3,4)32-22)11-7-9-17-8-6-10-19(30-14-29-5)21(17)23(27)28/h6-10,12-13,15-16,18,20,22,25-26H,11,14H2,1-5H3,(H,27,28)/b9-7+,13-12-/t15-,16-,18?,20+,22+/m0/s1. The van der Waals surface area contributed by atoms with Crippen LogP contribution in [0.25, 0.3) is 6.08 Å². The Morgan fingerprint density at radius 3 is 2.56 bits per heavy atom. The summed E-state index contributed by atoms with van der Waals surface area (Å²) in [5, 5.41) is 29.9. The molecule has 1 unspecified atom stereocenters. The lowest BCUT2D eigenvalue weighted by atomic mass is 10.00. The van der Waals surface area contributed by atoms with E-state index in [1.54, 1.807) is 63.3 Å². The molecule has 1 aliphatic heterocycles. The van der Waals surface area contributed by atoms with Gasteiger partial charge < -0.3 is 34.3 Å². The van der Waals surface area contributed by atoms with Crippen molar-refractivity contribution in [3.8, 4) is 5.75 Å².